The average molecular weight is 560 g/mol. The van der Waals surface area contributed by atoms with Gasteiger partial charge in [0.1, 0.15) is 11.5 Å². The van der Waals surface area contributed by atoms with E-state index >= 15 is 0 Å². The van der Waals surface area contributed by atoms with Crippen molar-refractivity contribution in [3.05, 3.63) is 18.2 Å². The summed E-state index contributed by atoms with van der Waals surface area (Å²) in [5.74, 6) is 3.21. The fourth-order valence-corrected chi connectivity index (χ4v) is 4.71. The van der Waals surface area contributed by atoms with E-state index in [9.17, 15) is 0 Å². The van der Waals surface area contributed by atoms with Crippen molar-refractivity contribution in [3.63, 3.8) is 0 Å². The fraction of sp³-hybridized carbons (Fsp3) is 0.708. The minimum absolute atomic E-state index is 0. The summed E-state index contributed by atoms with van der Waals surface area (Å²) < 4.78 is 10.9. The monoisotopic (exact) mass is 559 g/mol. The molecule has 0 bridgehead atoms. The number of piperidine rings is 1. The Labute approximate surface area is 211 Å². The van der Waals surface area contributed by atoms with E-state index in [1.807, 2.05) is 13.1 Å². The summed E-state index contributed by atoms with van der Waals surface area (Å²) in [6.07, 6.45) is 4.79. The summed E-state index contributed by atoms with van der Waals surface area (Å²) >= 11 is 0. The van der Waals surface area contributed by atoms with Gasteiger partial charge in [0.25, 0.3) is 0 Å². The lowest BCUT2D eigenvalue weighted by Gasteiger charge is -2.35. The van der Waals surface area contributed by atoms with Crippen LogP contribution in [-0.4, -0.2) is 76.9 Å². The predicted octanol–water partition coefficient (Wildman–Crippen LogP) is 3.58. The lowest BCUT2D eigenvalue weighted by Crippen LogP contribution is -2.52. The molecule has 7 nitrogen and oxygen atoms in total. The van der Waals surface area contributed by atoms with Gasteiger partial charge in [0.15, 0.2) is 5.96 Å². The zero-order valence-corrected chi connectivity index (χ0v) is 22.7. The van der Waals surface area contributed by atoms with Gasteiger partial charge in [-0.25, -0.2) is 0 Å². The highest BCUT2D eigenvalue weighted by Crippen LogP contribution is 2.30. The highest BCUT2D eigenvalue weighted by molar-refractivity contribution is 14.0. The number of nitrogens with zero attached hydrogens (tertiary/aromatic N) is 3. The van der Waals surface area contributed by atoms with Gasteiger partial charge in [-0.1, -0.05) is 13.8 Å². The number of methoxy groups -OCH3 is 2. The van der Waals surface area contributed by atoms with Crippen LogP contribution in [0, 0.1) is 5.92 Å². The molecule has 2 heterocycles. The maximum Gasteiger partial charge on any atom is 0.191 e. The first-order valence-corrected chi connectivity index (χ1v) is 11.7. The highest BCUT2D eigenvalue weighted by Gasteiger charge is 2.25. The van der Waals surface area contributed by atoms with Crippen molar-refractivity contribution in [3.8, 4) is 11.5 Å². The molecule has 2 N–H and O–H groups in total. The Hall–Kier alpha value is -1.42. The standard InChI is InChI=1S/C24H41N5O2.HI/c1-18(2)23(29-10-6-7-11-29)17-26-24(25-3)27-19-8-12-28(13-9-19)20-14-21(30-4)16-22(15-20)31-5;/h14-16,18-19,23H,6-13,17H2,1-5H3,(H2,25,26,27);1H. The van der Waals surface area contributed by atoms with Gasteiger partial charge in [-0.3, -0.25) is 9.89 Å². The number of nitrogens with one attached hydrogen (secondary N) is 2. The van der Waals surface area contributed by atoms with Crippen molar-refractivity contribution in [2.75, 3.05) is 58.9 Å². The first kappa shape index (κ1) is 26.8. The molecular formula is C24H42IN5O2. The number of aliphatic imine (C=N–C) groups is 1. The molecule has 1 atom stereocenters. The van der Waals surface area contributed by atoms with Crippen molar-refractivity contribution in [2.45, 2.75) is 51.6 Å². The third-order valence-corrected chi connectivity index (χ3v) is 6.62. The molecule has 2 aliphatic heterocycles. The second-order valence-corrected chi connectivity index (χ2v) is 8.98. The first-order valence-electron chi connectivity index (χ1n) is 11.7. The molecule has 0 amide bonds. The van der Waals surface area contributed by atoms with Crippen LogP contribution in [0.4, 0.5) is 5.69 Å². The Kier molecular flexibility index (Phi) is 11.2. The molecule has 0 aliphatic carbocycles. The smallest absolute Gasteiger partial charge is 0.191 e. The number of hydrogen-bond donors (Lipinski definition) is 2. The van der Waals surface area contributed by atoms with Crippen LogP contribution in [0.25, 0.3) is 0 Å². The first-order chi connectivity index (χ1) is 15.0. The van der Waals surface area contributed by atoms with Crippen molar-refractivity contribution in [2.24, 2.45) is 10.9 Å². The second-order valence-electron chi connectivity index (χ2n) is 8.98. The predicted molar refractivity (Wildman–Crippen MR) is 144 cm³/mol. The average Bonchev–Trinajstić information content (AvgIpc) is 3.32. The number of guanidine groups is 1. The van der Waals surface area contributed by atoms with Crippen LogP contribution >= 0.6 is 24.0 Å². The quantitative estimate of drug-likeness (QED) is 0.289. The van der Waals surface area contributed by atoms with Gasteiger partial charge in [-0.05, 0) is 44.7 Å². The summed E-state index contributed by atoms with van der Waals surface area (Å²) in [6.45, 7) is 10.0. The second kappa shape index (κ2) is 13.3. The van der Waals surface area contributed by atoms with Crippen molar-refractivity contribution >= 4 is 35.6 Å². The number of hydrogen-bond acceptors (Lipinski definition) is 5. The molecule has 1 unspecified atom stereocenters. The van der Waals surface area contributed by atoms with Gasteiger partial charge in [0.2, 0.25) is 0 Å². The number of benzene rings is 1. The van der Waals surface area contributed by atoms with Crippen LogP contribution in [-0.2, 0) is 0 Å². The van der Waals surface area contributed by atoms with Gasteiger partial charge in [0, 0.05) is 62.7 Å². The van der Waals surface area contributed by atoms with Crippen molar-refractivity contribution in [1.29, 1.82) is 0 Å². The molecular weight excluding hydrogens is 517 g/mol. The van der Waals surface area contributed by atoms with Crippen LogP contribution in [0.3, 0.4) is 0 Å². The molecule has 2 saturated heterocycles. The van der Waals surface area contributed by atoms with Gasteiger partial charge >= 0.3 is 0 Å². The highest BCUT2D eigenvalue weighted by atomic mass is 127. The molecule has 8 heteroatoms. The normalized spacial score (nSPS) is 18.9. The molecule has 0 spiro atoms. The molecule has 1 aromatic carbocycles. The molecule has 0 aromatic heterocycles. The van der Waals surface area contributed by atoms with E-state index < -0.39 is 0 Å². The summed E-state index contributed by atoms with van der Waals surface area (Å²) in [4.78, 5) is 9.53. The van der Waals surface area contributed by atoms with Crippen LogP contribution in [0.5, 0.6) is 11.5 Å². The summed E-state index contributed by atoms with van der Waals surface area (Å²) in [7, 11) is 5.26. The van der Waals surface area contributed by atoms with Crippen LogP contribution in [0.2, 0.25) is 0 Å². The van der Waals surface area contributed by atoms with E-state index in [1.165, 1.54) is 25.9 Å². The van der Waals surface area contributed by atoms with Gasteiger partial charge in [-0.2, -0.15) is 0 Å². The molecule has 1 aromatic rings. The minimum atomic E-state index is 0. The number of likely N-dealkylation sites (tertiary alicyclic amines) is 1. The Morgan fingerprint density at radius 3 is 2.12 bits per heavy atom. The Morgan fingerprint density at radius 2 is 1.62 bits per heavy atom. The van der Waals surface area contributed by atoms with Gasteiger partial charge < -0.3 is 25.0 Å². The van der Waals surface area contributed by atoms with Crippen LogP contribution < -0.4 is 25.0 Å². The summed E-state index contributed by atoms with van der Waals surface area (Å²) in [5, 5.41) is 7.25. The number of rotatable bonds is 8. The Balaban J connectivity index is 0.00000363. The third-order valence-electron chi connectivity index (χ3n) is 6.62. The Bertz CT molecular complexity index is 694. The fourth-order valence-electron chi connectivity index (χ4n) is 4.71. The van der Waals surface area contributed by atoms with E-state index in [1.54, 1.807) is 14.2 Å². The molecule has 2 fully saturated rings. The third kappa shape index (κ3) is 7.30. The number of anilines is 1. The maximum atomic E-state index is 5.43. The zero-order valence-electron chi connectivity index (χ0n) is 20.4. The van der Waals surface area contributed by atoms with Crippen molar-refractivity contribution < 1.29 is 9.47 Å². The summed E-state index contributed by atoms with van der Waals surface area (Å²) in [6, 6.07) is 7.08. The van der Waals surface area contributed by atoms with E-state index in [0.717, 1.165) is 55.6 Å². The van der Waals surface area contributed by atoms with Crippen LogP contribution in [0.1, 0.15) is 39.5 Å². The number of halogens is 1. The Morgan fingerprint density at radius 1 is 1.03 bits per heavy atom. The molecule has 3 rings (SSSR count). The zero-order chi connectivity index (χ0) is 22.2. The molecule has 2 aliphatic rings. The topological polar surface area (TPSA) is 61.4 Å². The van der Waals surface area contributed by atoms with E-state index in [4.69, 9.17) is 9.47 Å². The van der Waals surface area contributed by atoms with Gasteiger partial charge in [0.05, 0.1) is 14.2 Å². The van der Waals surface area contributed by atoms with E-state index in [0.29, 0.717) is 18.0 Å². The van der Waals surface area contributed by atoms with E-state index in [2.05, 4.69) is 51.4 Å². The minimum Gasteiger partial charge on any atom is -0.497 e. The maximum absolute atomic E-state index is 5.43. The largest absolute Gasteiger partial charge is 0.497 e. The lowest BCUT2D eigenvalue weighted by atomic mass is 10.0. The molecule has 32 heavy (non-hydrogen) atoms. The lowest BCUT2D eigenvalue weighted by molar-refractivity contribution is 0.192. The SMILES string of the molecule is CN=C(NCC(C(C)C)N1CCCC1)NC1CCN(c2cc(OC)cc(OC)c2)CC1.I. The van der Waals surface area contributed by atoms with Crippen LogP contribution in [0.15, 0.2) is 23.2 Å². The summed E-state index contributed by atoms with van der Waals surface area (Å²) in [5.41, 5.74) is 1.16. The van der Waals surface area contributed by atoms with Crippen molar-refractivity contribution in [1.82, 2.24) is 15.5 Å². The van der Waals surface area contributed by atoms with Gasteiger partial charge in [-0.15, -0.1) is 24.0 Å². The molecule has 0 radical (unpaired) electrons. The van der Waals surface area contributed by atoms with E-state index in [-0.39, 0.29) is 24.0 Å². The molecule has 182 valence electrons. The molecule has 0 saturated carbocycles. The number of ether oxygens (including phenoxy) is 2.